The molecule has 0 aromatic heterocycles. The maximum atomic E-state index is 9.62. The number of hydrogen-bond acceptors (Lipinski definition) is 4. The first-order chi connectivity index (χ1) is 9.19. The summed E-state index contributed by atoms with van der Waals surface area (Å²) in [5, 5.41) is 14.3. The summed E-state index contributed by atoms with van der Waals surface area (Å²) in [6, 6.07) is 12.3. The summed E-state index contributed by atoms with van der Waals surface area (Å²) in [5.74, 6) is 0.508. The largest absolute Gasteiger partial charge is 0.504 e. The number of phenols is 1. The minimum absolute atomic E-state index is 0.0780. The SMILES string of the molecule is COc1ccc(C=NNc2cccc(Cl)c2)cc1O. The lowest BCUT2D eigenvalue weighted by atomic mass is 10.2. The predicted octanol–water partition coefficient (Wildman–Crippen LogP) is 3.50. The number of rotatable bonds is 4. The molecular formula is C14H13ClN2O2. The fraction of sp³-hybridized carbons (Fsp3) is 0.0714. The van der Waals surface area contributed by atoms with Crippen molar-refractivity contribution in [3.8, 4) is 11.5 Å². The Morgan fingerprint density at radius 2 is 2.11 bits per heavy atom. The molecular weight excluding hydrogens is 264 g/mol. The van der Waals surface area contributed by atoms with Crippen LogP contribution in [0.5, 0.6) is 11.5 Å². The van der Waals surface area contributed by atoms with Crippen molar-refractivity contribution in [1.29, 1.82) is 0 Å². The molecule has 5 heteroatoms. The van der Waals surface area contributed by atoms with E-state index in [4.69, 9.17) is 16.3 Å². The number of phenolic OH excluding ortho intramolecular Hbond substituents is 1. The van der Waals surface area contributed by atoms with Crippen LogP contribution in [0.3, 0.4) is 0 Å². The van der Waals surface area contributed by atoms with E-state index in [0.717, 1.165) is 11.3 Å². The molecule has 0 aliphatic heterocycles. The highest BCUT2D eigenvalue weighted by Crippen LogP contribution is 2.25. The second-order valence-electron chi connectivity index (χ2n) is 3.81. The Morgan fingerprint density at radius 1 is 1.26 bits per heavy atom. The molecule has 2 N–H and O–H groups in total. The van der Waals surface area contributed by atoms with Gasteiger partial charge in [0, 0.05) is 5.02 Å². The lowest BCUT2D eigenvalue weighted by Gasteiger charge is -2.03. The predicted molar refractivity (Wildman–Crippen MR) is 77.3 cm³/mol. The topological polar surface area (TPSA) is 53.8 Å². The minimum atomic E-state index is 0.0780. The van der Waals surface area contributed by atoms with E-state index in [1.165, 1.54) is 7.11 Å². The highest BCUT2D eigenvalue weighted by molar-refractivity contribution is 6.30. The molecule has 98 valence electrons. The fourth-order valence-electron chi connectivity index (χ4n) is 1.53. The van der Waals surface area contributed by atoms with Crippen LogP contribution in [0.4, 0.5) is 5.69 Å². The van der Waals surface area contributed by atoms with Gasteiger partial charge < -0.3 is 9.84 Å². The molecule has 0 aliphatic carbocycles. The lowest BCUT2D eigenvalue weighted by molar-refractivity contribution is 0.373. The van der Waals surface area contributed by atoms with Gasteiger partial charge in [0.2, 0.25) is 0 Å². The molecule has 0 bridgehead atoms. The number of anilines is 1. The summed E-state index contributed by atoms with van der Waals surface area (Å²) in [6.07, 6.45) is 1.60. The van der Waals surface area contributed by atoms with E-state index < -0.39 is 0 Å². The Kier molecular flexibility index (Phi) is 4.26. The van der Waals surface area contributed by atoms with Crippen molar-refractivity contribution in [2.45, 2.75) is 0 Å². The molecule has 4 nitrogen and oxygen atoms in total. The third-order valence-electron chi connectivity index (χ3n) is 2.43. The van der Waals surface area contributed by atoms with E-state index >= 15 is 0 Å². The van der Waals surface area contributed by atoms with Gasteiger partial charge in [-0.15, -0.1) is 0 Å². The van der Waals surface area contributed by atoms with Crippen LogP contribution in [0.2, 0.25) is 5.02 Å². The van der Waals surface area contributed by atoms with Gasteiger partial charge in [-0.2, -0.15) is 5.10 Å². The van der Waals surface area contributed by atoms with Gasteiger partial charge in [-0.1, -0.05) is 17.7 Å². The Labute approximate surface area is 116 Å². The summed E-state index contributed by atoms with van der Waals surface area (Å²) in [6.45, 7) is 0. The van der Waals surface area contributed by atoms with E-state index in [2.05, 4.69) is 10.5 Å². The quantitative estimate of drug-likeness (QED) is 0.664. The number of hydrogen-bond donors (Lipinski definition) is 2. The van der Waals surface area contributed by atoms with Crippen LogP contribution in [0, 0.1) is 0 Å². The first kappa shape index (κ1) is 13.2. The Morgan fingerprint density at radius 3 is 2.79 bits per heavy atom. The number of aromatic hydroxyl groups is 1. The summed E-state index contributed by atoms with van der Waals surface area (Å²) >= 11 is 5.86. The second-order valence-corrected chi connectivity index (χ2v) is 4.25. The zero-order chi connectivity index (χ0) is 13.7. The third kappa shape index (κ3) is 3.63. The van der Waals surface area contributed by atoms with E-state index in [1.54, 1.807) is 36.5 Å². The maximum Gasteiger partial charge on any atom is 0.160 e. The molecule has 0 unspecified atom stereocenters. The minimum Gasteiger partial charge on any atom is -0.504 e. The van der Waals surface area contributed by atoms with Gasteiger partial charge in [0.15, 0.2) is 11.5 Å². The van der Waals surface area contributed by atoms with Gasteiger partial charge in [-0.3, -0.25) is 5.43 Å². The highest BCUT2D eigenvalue weighted by atomic mass is 35.5. The van der Waals surface area contributed by atoms with Crippen molar-refractivity contribution in [3.63, 3.8) is 0 Å². The zero-order valence-corrected chi connectivity index (χ0v) is 11.1. The second kappa shape index (κ2) is 6.11. The van der Waals surface area contributed by atoms with Crippen molar-refractivity contribution in [3.05, 3.63) is 53.1 Å². The summed E-state index contributed by atoms with van der Waals surface area (Å²) in [7, 11) is 1.50. The Bertz CT molecular complexity index is 600. The van der Waals surface area contributed by atoms with Gasteiger partial charge in [0.25, 0.3) is 0 Å². The molecule has 0 heterocycles. The average Bonchev–Trinajstić information content (AvgIpc) is 2.39. The number of ether oxygens (including phenoxy) is 1. The molecule has 0 spiro atoms. The van der Waals surface area contributed by atoms with Crippen LogP contribution in [-0.2, 0) is 0 Å². The molecule has 0 atom stereocenters. The Hall–Kier alpha value is -2.20. The third-order valence-corrected chi connectivity index (χ3v) is 2.67. The fourth-order valence-corrected chi connectivity index (χ4v) is 1.72. The van der Waals surface area contributed by atoms with Gasteiger partial charge in [-0.25, -0.2) is 0 Å². The van der Waals surface area contributed by atoms with E-state index in [-0.39, 0.29) is 5.75 Å². The van der Waals surface area contributed by atoms with Crippen molar-refractivity contribution < 1.29 is 9.84 Å². The number of hydrazone groups is 1. The number of methoxy groups -OCH3 is 1. The zero-order valence-electron chi connectivity index (χ0n) is 10.3. The standard InChI is InChI=1S/C14H13ClN2O2/c1-19-14-6-5-10(7-13(14)18)9-16-17-12-4-2-3-11(15)8-12/h2-9,17-18H,1H3. The number of nitrogens with zero attached hydrogens (tertiary/aromatic N) is 1. The molecule has 2 aromatic rings. The number of benzene rings is 2. The first-order valence-electron chi connectivity index (χ1n) is 5.60. The monoisotopic (exact) mass is 276 g/mol. The van der Waals surface area contributed by atoms with Crippen molar-refractivity contribution in [1.82, 2.24) is 0 Å². The summed E-state index contributed by atoms with van der Waals surface area (Å²) in [4.78, 5) is 0. The molecule has 19 heavy (non-hydrogen) atoms. The van der Waals surface area contributed by atoms with E-state index in [0.29, 0.717) is 10.8 Å². The van der Waals surface area contributed by atoms with Gasteiger partial charge >= 0.3 is 0 Å². The molecule has 0 saturated carbocycles. The molecule has 0 aliphatic rings. The Balaban J connectivity index is 2.05. The summed E-state index contributed by atoms with van der Waals surface area (Å²) in [5.41, 5.74) is 4.40. The molecule has 0 amide bonds. The van der Waals surface area contributed by atoms with Crippen molar-refractivity contribution in [2.24, 2.45) is 5.10 Å². The van der Waals surface area contributed by atoms with Gasteiger partial charge in [0.05, 0.1) is 19.0 Å². The average molecular weight is 277 g/mol. The van der Waals surface area contributed by atoms with Crippen LogP contribution in [-0.4, -0.2) is 18.4 Å². The number of nitrogens with one attached hydrogen (secondary N) is 1. The number of halogens is 1. The van der Waals surface area contributed by atoms with Crippen LogP contribution >= 0.6 is 11.6 Å². The van der Waals surface area contributed by atoms with Gasteiger partial charge in [0.1, 0.15) is 0 Å². The first-order valence-corrected chi connectivity index (χ1v) is 5.98. The smallest absolute Gasteiger partial charge is 0.160 e. The van der Waals surface area contributed by atoms with Crippen LogP contribution in [0.15, 0.2) is 47.6 Å². The molecule has 2 aromatic carbocycles. The van der Waals surface area contributed by atoms with Crippen LogP contribution < -0.4 is 10.2 Å². The summed E-state index contributed by atoms with van der Waals surface area (Å²) < 4.78 is 4.96. The molecule has 0 fully saturated rings. The highest BCUT2D eigenvalue weighted by Gasteiger charge is 2.00. The lowest BCUT2D eigenvalue weighted by Crippen LogP contribution is -1.91. The maximum absolute atomic E-state index is 9.62. The van der Waals surface area contributed by atoms with Crippen molar-refractivity contribution >= 4 is 23.5 Å². The van der Waals surface area contributed by atoms with E-state index in [1.807, 2.05) is 12.1 Å². The van der Waals surface area contributed by atoms with Crippen molar-refractivity contribution in [2.75, 3.05) is 12.5 Å². The van der Waals surface area contributed by atoms with Crippen LogP contribution in [0.25, 0.3) is 0 Å². The molecule has 0 saturated heterocycles. The normalized spacial score (nSPS) is 10.6. The molecule has 0 radical (unpaired) electrons. The van der Waals surface area contributed by atoms with Crippen LogP contribution in [0.1, 0.15) is 5.56 Å². The molecule has 2 rings (SSSR count). The van der Waals surface area contributed by atoms with Gasteiger partial charge in [-0.05, 0) is 42.0 Å². The van der Waals surface area contributed by atoms with E-state index in [9.17, 15) is 5.11 Å².